The highest BCUT2D eigenvalue weighted by atomic mass is 16.6. The molecule has 0 aromatic carbocycles. The molecule has 0 bridgehead atoms. The third-order valence-electron chi connectivity index (χ3n) is 3.21. The summed E-state index contributed by atoms with van der Waals surface area (Å²) in [5.41, 5.74) is 5.51. The molecule has 19 heavy (non-hydrogen) atoms. The topological polar surface area (TPSA) is 120 Å². The fourth-order valence-corrected chi connectivity index (χ4v) is 2.15. The van der Waals surface area contributed by atoms with Gasteiger partial charge < -0.3 is 25.4 Å². The van der Waals surface area contributed by atoms with Crippen LogP contribution in [-0.2, 0) is 9.47 Å². The third-order valence-corrected chi connectivity index (χ3v) is 3.21. The summed E-state index contributed by atoms with van der Waals surface area (Å²) in [7, 11) is 1.40. The first-order valence-electron chi connectivity index (χ1n) is 5.82. The molecule has 0 spiro atoms. The number of aliphatic hydroxyl groups excluding tert-OH is 2. The van der Waals surface area contributed by atoms with Crippen LogP contribution in [0.3, 0.4) is 0 Å². The number of anilines is 1. The lowest BCUT2D eigenvalue weighted by Crippen LogP contribution is -2.37. The highest BCUT2D eigenvalue weighted by Gasteiger charge is 2.45. The Bertz CT molecular complexity index is 518. The maximum atomic E-state index is 11.8. The van der Waals surface area contributed by atoms with Crippen molar-refractivity contribution in [3.05, 3.63) is 22.2 Å². The van der Waals surface area contributed by atoms with E-state index in [1.54, 1.807) is 6.92 Å². The van der Waals surface area contributed by atoms with E-state index >= 15 is 0 Å². The van der Waals surface area contributed by atoms with Crippen LogP contribution in [0.25, 0.3) is 0 Å². The Balaban J connectivity index is 2.38. The molecule has 2 rings (SSSR count). The number of nitrogens with two attached hydrogens (primary N) is 1. The fraction of sp³-hybridized carbons (Fsp3) is 0.636. The quantitative estimate of drug-likeness (QED) is 0.605. The predicted molar refractivity (Wildman–Crippen MR) is 65.4 cm³/mol. The number of methoxy groups -OCH3 is 1. The van der Waals surface area contributed by atoms with Gasteiger partial charge in [0, 0.05) is 18.9 Å². The highest BCUT2D eigenvalue weighted by Crippen LogP contribution is 2.30. The Morgan fingerprint density at radius 1 is 1.63 bits per heavy atom. The van der Waals surface area contributed by atoms with E-state index < -0.39 is 30.2 Å². The minimum absolute atomic E-state index is 0.135. The zero-order valence-corrected chi connectivity index (χ0v) is 10.7. The molecule has 1 aromatic heterocycles. The second kappa shape index (κ2) is 5.25. The van der Waals surface area contributed by atoms with Gasteiger partial charge in [0.15, 0.2) is 6.23 Å². The number of aliphatic hydroxyl groups is 2. The fourth-order valence-electron chi connectivity index (χ4n) is 2.15. The van der Waals surface area contributed by atoms with Crippen LogP contribution in [0.5, 0.6) is 0 Å². The van der Waals surface area contributed by atoms with E-state index in [1.165, 1.54) is 13.3 Å². The van der Waals surface area contributed by atoms with E-state index in [0.29, 0.717) is 5.56 Å². The number of rotatable bonds is 3. The van der Waals surface area contributed by atoms with Gasteiger partial charge in [0.25, 0.3) is 0 Å². The van der Waals surface area contributed by atoms with Gasteiger partial charge in [-0.3, -0.25) is 4.57 Å². The molecule has 2 heterocycles. The summed E-state index contributed by atoms with van der Waals surface area (Å²) in [6, 6.07) is 0. The van der Waals surface area contributed by atoms with Gasteiger partial charge in [-0.05, 0) is 6.92 Å². The predicted octanol–water partition coefficient (Wildman–Crippen LogP) is -1.60. The van der Waals surface area contributed by atoms with Gasteiger partial charge in [0.2, 0.25) is 0 Å². The van der Waals surface area contributed by atoms with Crippen LogP contribution >= 0.6 is 0 Å². The lowest BCUT2D eigenvalue weighted by molar-refractivity contribution is -0.0569. The lowest BCUT2D eigenvalue weighted by atomic mass is 10.1. The summed E-state index contributed by atoms with van der Waals surface area (Å²) < 4.78 is 11.7. The number of nitrogen functional groups attached to an aromatic ring is 1. The molecular formula is C11H17N3O5. The molecule has 1 aliphatic rings. The number of hydrogen-bond acceptors (Lipinski definition) is 7. The van der Waals surface area contributed by atoms with Crippen LogP contribution in [-0.4, -0.2) is 51.8 Å². The summed E-state index contributed by atoms with van der Waals surface area (Å²) in [5, 5.41) is 19.3. The van der Waals surface area contributed by atoms with Crippen molar-refractivity contribution in [2.75, 3.05) is 19.5 Å². The highest BCUT2D eigenvalue weighted by molar-refractivity contribution is 5.35. The van der Waals surface area contributed by atoms with Crippen molar-refractivity contribution in [1.82, 2.24) is 9.55 Å². The van der Waals surface area contributed by atoms with Crippen molar-refractivity contribution in [3.63, 3.8) is 0 Å². The Morgan fingerprint density at radius 3 is 2.84 bits per heavy atom. The Kier molecular flexibility index (Phi) is 3.85. The Labute approximate surface area is 109 Å². The SMILES string of the molecule is CO[C@H]1[C@@H](O)[C@H](n2cc(C)c(N)nc2=O)O[C@@H]1CO. The van der Waals surface area contributed by atoms with Crippen molar-refractivity contribution in [2.45, 2.75) is 31.5 Å². The number of ether oxygens (including phenoxy) is 2. The van der Waals surface area contributed by atoms with Crippen molar-refractivity contribution >= 4 is 5.82 Å². The molecule has 0 amide bonds. The van der Waals surface area contributed by atoms with Crippen LogP contribution in [0.15, 0.2) is 11.0 Å². The van der Waals surface area contributed by atoms with E-state index in [9.17, 15) is 15.0 Å². The summed E-state index contributed by atoms with van der Waals surface area (Å²) in [6.45, 7) is 1.37. The van der Waals surface area contributed by atoms with Crippen molar-refractivity contribution in [3.8, 4) is 0 Å². The molecule has 106 valence electrons. The normalized spacial score (nSPS) is 30.7. The van der Waals surface area contributed by atoms with E-state index in [4.69, 9.17) is 15.2 Å². The lowest BCUT2D eigenvalue weighted by Gasteiger charge is -2.18. The van der Waals surface area contributed by atoms with Crippen molar-refractivity contribution < 1.29 is 19.7 Å². The molecule has 1 aliphatic heterocycles. The zero-order valence-electron chi connectivity index (χ0n) is 10.7. The first-order valence-corrected chi connectivity index (χ1v) is 5.82. The number of hydrogen-bond donors (Lipinski definition) is 3. The molecule has 4 atom stereocenters. The van der Waals surface area contributed by atoms with Crippen molar-refractivity contribution in [2.24, 2.45) is 0 Å². The molecular weight excluding hydrogens is 254 g/mol. The molecule has 1 fully saturated rings. The van der Waals surface area contributed by atoms with Gasteiger partial charge >= 0.3 is 5.69 Å². The Hall–Kier alpha value is -1.48. The molecule has 1 aromatic rings. The van der Waals surface area contributed by atoms with Crippen LogP contribution in [0.4, 0.5) is 5.82 Å². The second-order valence-electron chi connectivity index (χ2n) is 4.44. The second-order valence-corrected chi connectivity index (χ2v) is 4.44. The minimum Gasteiger partial charge on any atom is -0.394 e. The largest absolute Gasteiger partial charge is 0.394 e. The standard InChI is InChI=1S/C11H17N3O5/c1-5-3-14(11(17)13-9(5)12)10-7(16)8(18-2)6(4-15)19-10/h3,6-8,10,15-16H,4H2,1-2H3,(H2,12,13,17)/t6-,7-,8-,10-/m1/s1. The van der Waals surface area contributed by atoms with Gasteiger partial charge in [-0.2, -0.15) is 4.98 Å². The van der Waals surface area contributed by atoms with E-state index in [1.807, 2.05) is 0 Å². The van der Waals surface area contributed by atoms with Gasteiger partial charge in [-0.25, -0.2) is 4.79 Å². The molecule has 0 aliphatic carbocycles. The van der Waals surface area contributed by atoms with Gasteiger partial charge in [0.1, 0.15) is 24.1 Å². The molecule has 1 saturated heterocycles. The summed E-state index contributed by atoms with van der Waals surface area (Å²) in [4.78, 5) is 15.4. The average molecular weight is 271 g/mol. The Morgan fingerprint density at radius 2 is 2.32 bits per heavy atom. The monoisotopic (exact) mass is 271 g/mol. The maximum absolute atomic E-state index is 11.8. The van der Waals surface area contributed by atoms with Gasteiger partial charge in [0.05, 0.1) is 6.61 Å². The number of aryl methyl sites for hydroxylation is 1. The van der Waals surface area contributed by atoms with Crippen LogP contribution < -0.4 is 11.4 Å². The number of nitrogens with zero attached hydrogens (tertiary/aromatic N) is 2. The first kappa shape index (κ1) is 13.9. The van der Waals surface area contributed by atoms with Gasteiger partial charge in [-0.1, -0.05) is 0 Å². The molecule has 8 nitrogen and oxygen atoms in total. The van der Waals surface area contributed by atoms with E-state index in [0.717, 1.165) is 4.57 Å². The summed E-state index contributed by atoms with van der Waals surface area (Å²) >= 11 is 0. The average Bonchev–Trinajstić information content (AvgIpc) is 2.70. The third kappa shape index (κ3) is 2.35. The van der Waals surface area contributed by atoms with Crippen LogP contribution in [0.1, 0.15) is 11.8 Å². The molecule has 4 N–H and O–H groups in total. The molecule has 8 heteroatoms. The first-order chi connectivity index (χ1) is 8.99. The molecule has 0 radical (unpaired) electrons. The van der Waals surface area contributed by atoms with Crippen LogP contribution in [0.2, 0.25) is 0 Å². The molecule has 0 unspecified atom stereocenters. The van der Waals surface area contributed by atoms with Gasteiger partial charge in [-0.15, -0.1) is 0 Å². The van der Waals surface area contributed by atoms with Crippen molar-refractivity contribution in [1.29, 1.82) is 0 Å². The summed E-state index contributed by atoms with van der Waals surface area (Å²) in [6.07, 6.45) is -1.98. The molecule has 0 saturated carbocycles. The zero-order chi connectivity index (χ0) is 14.2. The smallest absolute Gasteiger partial charge is 0.351 e. The maximum Gasteiger partial charge on any atom is 0.351 e. The van der Waals surface area contributed by atoms with E-state index in [2.05, 4.69) is 4.98 Å². The van der Waals surface area contributed by atoms with E-state index in [-0.39, 0.29) is 12.4 Å². The van der Waals surface area contributed by atoms with Crippen LogP contribution in [0, 0.1) is 6.92 Å². The summed E-state index contributed by atoms with van der Waals surface area (Å²) in [5.74, 6) is 0.135. The number of aromatic nitrogens is 2. The minimum atomic E-state index is -1.08.